The van der Waals surface area contributed by atoms with Gasteiger partial charge >= 0.3 is 5.97 Å². The molecule has 1 heterocycles. The predicted molar refractivity (Wildman–Crippen MR) is 162 cm³/mol. The molecule has 7 heteroatoms. The Balaban J connectivity index is 1.36. The van der Waals surface area contributed by atoms with Crippen molar-refractivity contribution in [3.05, 3.63) is 108 Å². The number of hydrogen-bond acceptors (Lipinski definition) is 7. The molecule has 3 aromatic carbocycles. The van der Waals surface area contributed by atoms with Crippen LogP contribution in [0.4, 0.5) is 0 Å². The third kappa shape index (κ3) is 9.07. The topological polar surface area (TPSA) is 80.3 Å². The van der Waals surface area contributed by atoms with Crippen molar-refractivity contribution in [2.45, 2.75) is 96.0 Å². The number of hydrogen-bond donors (Lipinski definition) is 0. The van der Waals surface area contributed by atoms with Gasteiger partial charge in [-0.2, -0.15) is 0 Å². The summed E-state index contributed by atoms with van der Waals surface area (Å²) in [7, 11) is 0. The van der Waals surface area contributed by atoms with Gasteiger partial charge in [-0.25, -0.2) is 4.79 Å². The Labute approximate surface area is 254 Å². The second-order valence-electron chi connectivity index (χ2n) is 11.5. The third-order valence-corrected chi connectivity index (χ3v) is 8.20. The van der Waals surface area contributed by atoms with Crippen molar-refractivity contribution in [3.63, 3.8) is 0 Å². The Morgan fingerprint density at radius 1 is 0.767 bits per heavy atom. The first-order chi connectivity index (χ1) is 21.1. The minimum absolute atomic E-state index is 0.138. The molecule has 0 N–H and O–H groups in total. The number of Topliss-reactive ketones (excluding diaryl/α,β-unsaturated/α-hetero) is 1. The average Bonchev–Trinajstić information content (AvgIpc) is 3.06. The Morgan fingerprint density at radius 3 is 1.88 bits per heavy atom. The molecule has 0 amide bonds. The molecule has 1 aliphatic carbocycles. The molecule has 0 spiro atoms. The minimum atomic E-state index is -1.06. The van der Waals surface area contributed by atoms with Crippen LogP contribution in [-0.4, -0.2) is 42.5 Å². The number of ketones is 1. The van der Waals surface area contributed by atoms with Gasteiger partial charge in [0.25, 0.3) is 0 Å². The van der Waals surface area contributed by atoms with Crippen LogP contribution < -0.4 is 0 Å². The molecular weight excluding hydrogens is 544 g/mol. The fourth-order valence-electron chi connectivity index (χ4n) is 5.78. The first-order valence-corrected chi connectivity index (χ1v) is 15.4. The summed E-state index contributed by atoms with van der Waals surface area (Å²) in [6.45, 7) is 2.33. The van der Waals surface area contributed by atoms with E-state index < -0.39 is 36.7 Å². The molecule has 1 saturated carbocycles. The summed E-state index contributed by atoms with van der Waals surface area (Å²) in [5, 5.41) is 0. The summed E-state index contributed by atoms with van der Waals surface area (Å²) in [4.78, 5) is 27.2. The Bertz CT molecular complexity index is 1260. The first kappa shape index (κ1) is 31.1. The highest BCUT2D eigenvalue weighted by Gasteiger charge is 2.48. The quantitative estimate of drug-likeness (QED) is 0.210. The number of rotatable bonds is 13. The smallest absolute Gasteiger partial charge is 0.335 e. The molecule has 2 aliphatic rings. The molecule has 0 aromatic heterocycles. The molecule has 5 rings (SSSR count). The average molecular weight is 587 g/mol. The summed E-state index contributed by atoms with van der Waals surface area (Å²) in [6.07, 6.45) is 1.47. The second-order valence-corrected chi connectivity index (χ2v) is 11.5. The maximum atomic E-state index is 13.7. The molecule has 1 aliphatic heterocycles. The van der Waals surface area contributed by atoms with E-state index in [9.17, 15) is 9.59 Å². The number of carbonyl (C=O) groups excluding carboxylic acids is 2. The fourth-order valence-corrected chi connectivity index (χ4v) is 5.78. The lowest BCUT2D eigenvalue weighted by Gasteiger charge is -2.40. The number of benzene rings is 3. The Morgan fingerprint density at radius 2 is 1.30 bits per heavy atom. The molecule has 228 valence electrons. The second kappa shape index (κ2) is 15.9. The minimum Gasteiger partial charge on any atom is -0.459 e. The van der Waals surface area contributed by atoms with Crippen molar-refractivity contribution in [2.75, 3.05) is 0 Å². The van der Waals surface area contributed by atoms with Gasteiger partial charge in [0.05, 0.1) is 13.2 Å². The molecule has 7 nitrogen and oxygen atoms in total. The van der Waals surface area contributed by atoms with Gasteiger partial charge in [-0.15, -0.1) is 0 Å². The Hall–Kier alpha value is -3.36. The highest BCUT2D eigenvalue weighted by Crippen LogP contribution is 2.32. The van der Waals surface area contributed by atoms with Gasteiger partial charge in [0.2, 0.25) is 0 Å². The zero-order chi connectivity index (χ0) is 29.9. The van der Waals surface area contributed by atoms with E-state index in [4.69, 9.17) is 23.7 Å². The lowest BCUT2D eigenvalue weighted by Crippen LogP contribution is -2.58. The van der Waals surface area contributed by atoms with Crippen molar-refractivity contribution in [1.82, 2.24) is 0 Å². The molecule has 3 unspecified atom stereocenters. The zero-order valence-corrected chi connectivity index (χ0v) is 24.8. The van der Waals surface area contributed by atoms with Crippen LogP contribution in [0.1, 0.15) is 62.1 Å². The van der Waals surface area contributed by atoms with E-state index in [1.54, 1.807) is 6.92 Å². The Kier molecular flexibility index (Phi) is 11.5. The van der Waals surface area contributed by atoms with Crippen LogP contribution in [0.2, 0.25) is 0 Å². The summed E-state index contributed by atoms with van der Waals surface area (Å²) in [6, 6.07) is 29.0. The zero-order valence-electron chi connectivity index (χ0n) is 24.8. The van der Waals surface area contributed by atoms with E-state index >= 15 is 0 Å². The van der Waals surface area contributed by atoms with Crippen LogP contribution in [0, 0.1) is 5.92 Å². The van der Waals surface area contributed by atoms with Gasteiger partial charge in [-0.1, -0.05) is 123 Å². The lowest BCUT2D eigenvalue weighted by atomic mass is 9.85. The normalized spacial score (nSPS) is 23.5. The van der Waals surface area contributed by atoms with Crippen LogP contribution in [-0.2, 0) is 53.1 Å². The summed E-state index contributed by atoms with van der Waals surface area (Å²) in [5.74, 6) is -0.420. The van der Waals surface area contributed by atoms with Crippen LogP contribution in [0.15, 0.2) is 91.0 Å². The first-order valence-electron chi connectivity index (χ1n) is 15.4. The lowest BCUT2D eigenvalue weighted by molar-refractivity contribution is -0.276. The van der Waals surface area contributed by atoms with Crippen molar-refractivity contribution in [2.24, 2.45) is 5.92 Å². The SMILES string of the molecule is CC1O[C@@H](OCc2ccccc2)C(OCc2ccccc2)C(O[C@@H](CC2CCCCC2)C(=O)OCc2ccccc2)C1=O. The van der Waals surface area contributed by atoms with E-state index in [1.807, 2.05) is 91.0 Å². The number of carbonyl (C=O) groups is 2. The number of ether oxygens (including phenoxy) is 5. The van der Waals surface area contributed by atoms with Crippen LogP contribution in [0.3, 0.4) is 0 Å². The molecule has 3 aromatic rings. The van der Waals surface area contributed by atoms with E-state index in [0.717, 1.165) is 42.4 Å². The van der Waals surface area contributed by atoms with Crippen LogP contribution in [0.5, 0.6) is 0 Å². The van der Waals surface area contributed by atoms with Crippen molar-refractivity contribution in [3.8, 4) is 0 Å². The van der Waals surface area contributed by atoms with Gasteiger partial charge in [-0.05, 0) is 36.0 Å². The van der Waals surface area contributed by atoms with E-state index in [-0.39, 0.29) is 25.6 Å². The van der Waals surface area contributed by atoms with Gasteiger partial charge in [0.1, 0.15) is 18.8 Å². The van der Waals surface area contributed by atoms with Gasteiger partial charge in [0.15, 0.2) is 24.3 Å². The monoisotopic (exact) mass is 586 g/mol. The number of esters is 1. The standard InChI is InChI=1S/C36H42O7/c1-26-32(37)33(43-31(22-27-14-6-2-7-15-27)35(38)40-24-29-18-10-4-11-19-29)34(39-23-28-16-8-3-9-17-28)36(42-26)41-25-30-20-12-5-13-21-30/h3-5,8-13,16-21,26-27,31,33-34,36H,2,6-7,14-15,22-25H2,1H3/t26?,31-,33?,34?,36+/m0/s1. The molecule has 0 bridgehead atoms. The van der Waals surface area contributed by atoms with Gasteiger partial charge in [-0.3, -0.25) is 4.79 Å². The summed E-state index contributed by atoms with van der Waals surface area (Å²) in [5.41, 5.74) is 2.80. The molecule has 5 atom stereocenters. The van der Waals surface area contributed by atoms with Gasteiger partial charge < -0.3 is 23.7 Å². The molecule has 0 radical (unpaired) electrons. The van der Waals surface area contributed by atoms with Crippen molar-refractivity contribution < 1.29 is 33.3 Å². The van der Waals surface area contributed by atoms with Gasteiger partial charge in [0, 0.05) is 0 Å². The van der Waals surface area contributed by atoms with E-state index in [2.05, 4.69) is 0 Å². The third-order valence-electron chi connectivity index (χ3n) is 8.20. The molecule has 2 fully saturated rings. The largest absolute Gasteiger partial charge is 0.459 e. The predicted octanol–water partition coefficient (Wildman–Crippen LogP) is 6.57. The molecule has 1 saturated heterocycles. The van der Waals surface area contributed by atoms with Crippen LogP contribution in [0.25, 0.3) is 0 Å². The van der Waals surface area contributed by atoms with Crippen LogP contribution >= 0.6 is 0 Å². The highest BCUT2D eigenvalue weighted by atomic mass is 16.7. The van der Waals surface area contributed by atoms with Crippen molar-refractivity contribution >= 4 is 11.8 Å². The summed E-state index contributed by atoms with van der Waals surface area (Å²) >= 11 is 0. The van der Waals surface area contributed by atoms with Crippen molar-refractivity contribution in [1.29, 1.82) is 0 Å². The maximum absolute atomic E-state index is 13.7. The summed E-state index contributed by atoms with van der Waals surface area (Å²) < 4.78 is 30.9. The fraction of sp³-hybridized carbons (Fsp3) is 0.444. The van der Waals surface area contributed by atoms with E-state index in [1.165, 1.54) is 6.42 Å². The molecule has 43 heavy (non-hydrogen) atoms. The highest BCUT2D eigenvalue weighted by molar-refractivity contribution is 5.89. The van der Waals surface area contributed by atoms with E-state index in [0.29, 0.717) is 12.3 Å². The molecular formula is C36H42O7. The maximum Gasteiger partial charge on any atom is 0.335 e.